The second-order valence-electron chi connectivity index (χ2n) is 6.06. The van der Waals surface area contributed by atoms with Gasteiger partial charge in [0.1, 0.15) is 0 Å². The van der Waals surface area contributed by atoms with Gasteiger partial charge < -0.3 is 15.2 Å². The van der Waals surface area contributed by atoms with Gasteiger partial charge in [-0.15, -0.1) is 0 Å². The van der Waals surface area contributed by atoms with E-state index in [-0.39, 0.29) is 17.0 Å². The molecule has 0 amide bonds. The van der Waals surface area contributed by atoms with Gasteiger partial charge in [-0.25, -0.2) is 4.98 Å². The van der Waals surface area contributed by atoms with Gasteiger partial charge in [0.25, 0.3) is 5.56 Å². The molecule has 0 saturated carbocycles. The molecule has 19 heavy (non-hydrogen) atoms. The molecular formula is C14H24N4O. The van der Waals surface area contributed by atoms with E-state index >= 15 is 0 Å². The van der Waals surface area contributed by atoms with Crippen molar-refractivity contribution in [1.82, 2.24) is 9.55 Å². The van der Waals surface area contributed by atoms with Crippen LogP contribution in [-0.4, -0.2) is 29.2 Å². The molecule has 2 heterocycles. The number of aromatic nitrogens is 2. The SMILES string of the molecule is CC(C)n1ccnc(N2CCC(C)(CN)CC2)c1=O. The van der Waals surface area contributed by atoms with Crippen LogP contribution in [0.1, 0.15) is 39.7 Å². The van der Waals surface area contributed by atoms with E-state index < -0.39 is 0 Å². The van der Waals surface area contributed by atoms with Gasteiger partial charge in [-0.3, -0.25) is 4.79 Å². The number of hydrogen-bond acceptors (Lipinski definition) is 4. The van der Waals surface area contributed by atoms with Crippen LogP contribution in [0.2, 0.25) is 0 Å². The number of piperidine rings is 1. The summed E-state index contributed by atoms with van der Waals surface area (Å²) in [6.07, 6.45) is 5.50. The molecule has 0 aromatic carbocycles. The average Bonchev–Trinajstić information content (AvgIpc) is 2.40. The van der Waals surface area contributed by atoms with Crippen LogP contribution in [0, 0.1) is 5.41 Å². The highest BCUT2D eigenvalue weighted by Gasteiger charge is 2.30. The summed E-state index contributed by atoms with van der Waals surface area (Å²) in [6.45, 7) is 8.66. The third-order valence-corrected chi connectivity index (χ3v) is 4.17. The fourth-order valence-corrected chi connectivity index (χ4v) is 2.50. The first kappa shape index (κ1) is 14.1. The van der Waals surface area contributed by atoms with Gasteiger partial charge in [0, 0.05) is 31.5 Å². The van der Waals surface area contributed by atoms with Crippen LogP contribution in [0.5, 0.6) is 0 Å². The van der Waals surface area contributed by atoms with E-state index in [9.17, 15) is 4.79 Å². The topological polar surface area (TPSA) is 64.2 Å². The second-order valence-corrected chi connectivity index (χ2v) is 6.06. The van der Waals surface area contributed by atoms with Gasteiger partial charge in [-0.2, -0.15) is 0 Å². The maximum Gasteiger partial charge on any atom is 0.293 e. The Bertz CT molecular complexity index is 486. The molecule has 0 unspecified atom stereocenters. The zero-order chi connectivity index (χ0) is 14.0. The minimum absolute atomic E-state index is 0.00820. The Kier molecular flexibility index (Phi) is 3.94. The van der Waals surface area contributed by atoms with Crippen LogP contribution in [0.15, 0.2) is 17.2 Å². The van der Waals surface area contributed by atoms with Crippen LogP contribution < -0.4 is 16.2 Å². The van der Waals surface area contributed by atoms with E-state index in [0.29, 0.717) is 12.4 Å². The van der Waals surface area contributed by atoms with Gasteiger partial charge in [-0.05, 0) is 38.6 Å². The first-order chi connectivity index (χ1) is 8.97. The Balaban J connectivity index is 2.21. The molecule has 0 bridgehead atoms. The van der Waals surface area contributed by atoms with Crippen LogP contribution in [0.3, 0.4) is 0 Å². The highest BCUT2D eigenvalue weighted by molar-refractivity contribution is 5.36. The van der Waals surface area contributed by atoms with Gasteiger partial charge in [0.2, 0.25) is 0 Å². The van der Waals surface area contributed by atoms with Gasteiger partial charge in [-0.1, -0.05) is 6.92 Å². The van der Waals surface area contributed by atoms with Crippen molar-refractivity contribution < 1.29 is 0 Å². The first-order valence-corrected chi connectivity index (χ1v) is 6.99. The summed E-state index contributed by atoms with van der Waals surface area (Å²) in [7, 11) is 0. The average molecular weight is 264 g/mol. The lowest BCUT2D eigenvalue weighted by Gasteiger charge is -2.38. The summed E-state index contributed by atoms with van der Waals surface area (Å²) in [5, 5.41) is 0. The standard InChI is InChI=1S/C14H24N4O/c1-11(2)18-9-6-16-12(13(18)19)17-7-4-14(3,10-15)5-8-17/h6,9,11H,4-5,7-8,10,15H2,1-3H3. The van der Waals surface area contributed by atoms with Crippen LogP contribution in [-0.2, 0) is 0 Å². The molecule has 0 aliphatic carbocycles. The smallest absolute Gasteiger partial charge is 0.293 e. The van der Waals surface area contributed by atoms with Crippen molar-refractivity contribution in [2.45, 2.75) is 39.7 Å². The molecular weight excluding hydrogens is 240 g/mol. The molecule has 1 aliphatic heterocycles. The van der Waals surface area contributed by atoms with Crippen molar-refractivity contribution >= 4 is 5.82 Å². The van der Waals surface area contributed by atoms with Crippen molar-refractivity contribution in [2.24, 2.45) is 11.1 Å². The molecule has 106 valence electrons. The largest absolute Gasteiger partial charge is 0.352 e. The van der Waals surface area contributed by atoms with Gasteiger partial charge >= 0.3 is 0 Å². The number of rotatable bonds is 3. The predicted molar refractivity (Wildman–Crippen MR) is 77.5 cm³/mol. The number of nitrogens with zero attached hydrogens (tertiary/aromatic N) is 3. The minimum Gasteiger partial charge on any atom is -0.352 e. The van der Waals surface area contributed by atoms with E-state index in [2.05, 4.69) is 16.8 Å². The molecule has 5 heteroatoms. The maximum absolute atomic E-state index is 12.4. The molecule has 1 aliphatic rings. The van der Waals surface area contributed by atoms with Crippen LogP contribution in [0.25, 0.3) is 0 Å². The number of hydrogen-bond donors (Lipinski definition) is 1. The third kappa shape index (κ3) is 2.81. The summed E-state index contributed by atoms with van der Waals surface area (Å²) in [5.74, 6) is 0.579. The first-order valence-electron chi connectivity index (χ1n) is 6.99. The van der Waals surface area contributed by atoms with Crippen molar-refractivity contribution in [1.29, 1.82) is 0 Å². The molecule has 2 rings (SSSR count). The van der Waals surface area contributed by atoms with Gasteiger partial charge in [0.15, 0.2) is 5.82 Å². The summed E-state index contributed by atoms with van der Waals surface area (Å²) in [4.78, 5) is 18.8. The third-order valence-electron chi connectivity index (χ3n) is 4.17. The molecule has 1 fully saturated rings. The molecule has 0 radical (unpaired) electrons. The lowest BCUT2D eigenvalue weighted by Crippen LogP contribution is -2.45. The predicted octanol–water partition coefficient (Wildman–Crippen LogP) is 1.39. The summed E-state index contributed by atoms with van der Waals surface area (Å²) in [5.41, 5.74) is 6.03. The fraction of sp³-hybridized carbons (Fsp3) is 0.714. The fourth-order valence-electron chi connectivity index (χ4n) is 2.50. The highest BCUT2D eigenvalue weighted by atomic mass is 16.1. The zero-order valence-electron chi connectivity index (χ0n) is 12.1. The molecule has 0 spiro atoms. The Morgan fingerprint density at radius 2 is 2.05 bits per heavy atom. The summed E-state index contributed by atoms with van der Waals surface area (Å²) in [6, 6.07) is 0.161. The van der Waals surface area contributed by atoms with E-state index in [1.165, 1.54) is 0 Å². The summed E-state index contributed by atoms with van der Waals surface area (Å²) < 4.78 is 1.74. The normalized spacial score (nSPS) is 18.9. The monoisotopic (exact) mass is 264 g/mol. The van der Waals surface area contributed by atoms with Crippen molar-refractivity contribution in [2.75, 3.05) is 24.5 Å². The molecule has 1 aromatic heterocycles. The molecule has 1 aromatic rings. The minimum atomic E-state index is 0.00820. The molecule has 0 atom stereocenters. The van der Waals surface area contributed by atoms with Crippen molar-refractivity contribution in [3.05, 3.63) is 22.7 Å². The zero-order valence-corrected chi connectivity index (χ0v) is 12.1. The van der Waals surface area contributed by atoms with Crippen molar-refractivity contribution in [3.8, 4) is 0 Å². The van der Waals surface area contributed by atoms with Crippen LogP contribution >= 0.6 is 0 Å². The maximum atomic E-state index is 12.4. The Hall–Kier alpha value is -1.36. The Morgan fingerprint density at radius 1 is 1.42 bits per heavy atom. The number of anilines is 1. The van der Waals surface area contributed by atoms with E-state index in [1.54, 1.807) is 17.0 Å². The Morgan fingerprint density at radius 3 is 2.58 bits per heavy atom. The summed E-state index contributed by atoms with van der Waals surface area (Å²) >= 11 is 0. The van der Waals surface area contributed by atoms with Gasteiger partial charge in [0.05, 0.1) is 0 Å². The van der Waals surface area contributed by atoms with Crippen molar-refractivity contribution in [3.63, 3.8) is 0 Å². The molecule has 5 nitrogen and oxygen atoms in total. The number of nitrogens with two attached hydrogens (primary N) is 1. The van der Waals surface area contributed by atoms with Crippen LogP contribution in [0.4, 0.5) is 5.82 Å². The lowest BCUT2D eigenvalue weighted by molar-refractivity contribution is 0.257. The second kappa shape index (κ2) is 5.33. The Labute approximate surface area is 114 Å². The quantitative estimate of drug-likeness (QED) is 0.896. The molecule has 2 N–H and O–H groups in total. The van der Waals surface area contributed by atoms with E-state index in [4.69, 9.17) is 5.73 Å². The van der Waals surface area contributed by atoms with E-state index in [1.807, 2.05) is 13.8 Å². The lowest BCUT2D eigenvalue weighted by atomic mass is 9.80. The van der Waals surface area contributed by atoms with E-state index in [0.717, 1.165) is 25.9 Å². The highest BCUT2D eigenvalue weighted by Crippen LogP contribution is 2.30. The molecule has 1 saturated heterocycles.